The molecule has 5 aromatic rings. The van der Waals surface area contributed by atoms with Gasteiger partial charge in [-0.1, -0.05) is 42.2 Å². The normalized spacial score (nSPS) is 11.3. The summed E-state index contributed by atoms with van der Waals surface area (Å²) in [5.41, 5.74) is 7.50. The van der Waals surface area contributed by atoms with Crippen molar-refractivity contribution in [3.05, 3.63) is 149 Å². The number of carbonyl (C=O) groups is 2. The number of nitrogens with two attached hydrogens (primary N) is 1. The maximum Gasteiger partial charge on any atom is 0.416 e. The average molecular weight is 644 g/mol. The summed E-state index contributed by atoms with van der Waals surface area (Å²) >= 11 is 0. The van der Waals surface area contributed by atoms with E-state index in [4.69, 9.17) is 5.73 Å². The van der Waals surface area contributed by atoms with Gasteiger partial charge in [0.1, 0.15) is 0 Å². The topological polar surface area (TPSA) is 84.2 Å². The lowest BCUT2D eigenvalue weighted by atomic mass is 10.0. The highest BCUT2D eigenvalue weighted by molar-refractivity contribution is 6.09. The molecule has 0 aromatic heterocycles. The van der Waals surface area contributed by atoms with Gasteiger partial charge in [0.2, 0.25) is 0 Å². The van der Waals surface area contributed by atoms with Gasteiger partial charge in [-0.25, -0.2) is 0 Å². The Morgan fingerprint density at radius 3 is 1.57 bits per heavy atom. The molecule has 47 heavy (non-hydrogen) atoms. The molecule has 0 aliphatic rings. The Kier molecular flexibility index (Phi) is 9.05. The largest absolute Gasteiger partial charge is 0.416 e. The van der Waals surface area contributed by atoms with E-state index in [1.807, 2.05) is 0 Å². The highest BCUT2D eigenvalue weighted by atomic mass is 19.4. The molecule has 0 saturated carbocycles. The van der Waals surface area contributed by atoms with Crippen molar-refractivity contribution in [2.75, 3.05) is 16.4 Å². The lowest BCUT2D eigenvalue weighted by Gasteiger charge is -2.11. The SMILES string of the molecule is Nc1cc(C(=O)Nc2cccc(C#Cc3ccc(C(F)(F)F)cc3)c2)cc(C(=O)Nc2cccc(-c3ccc(C(F)(F)F)cc3)c2)c1. The highest BCUT2D eigenvalue weighted by Gasteiger charge is 2.30. The second kappa shape index (κ2) is 13.1. The number of nitrogen functional groups attached to an aromatic ring is 1. The van der Waals surface area contributed by atoms with Gasteiger partial charge in [-0.15, -0.1) is 0 Å². The molecule has 0 spiro atoms. The maximum atomic E-state index is 13.1. The second-order valence-corrected chi connectivity index (χ2v) is 10.3. The lowest BCUT2D eigenvalue weighted by molar-refractivity contribution is -0.138. The Bertz CT molecular complexity index is 2010. The number of amides is 2. The van der Waals surface area contributed by atoms with Gasteiger partial charge in [0.25, 0.3) is 11.8 Å². The summed E-state index contributed by atoms with van der Waals surface area (Å²) in [7, 11) is 0. The van der Waals surface area contributed by atoms with Crippen LogP contribution in [-0.2, 0) is 12.4 Å². The predicted molar refractivity (Wildman–Crippen MR) is 168 cm³/mol. The standard InChI is InChI=1S/C36H23F6N3O2/c37-35(38,39)28-13-9-22(10-14-28)7-8-23-3-1-5-31(17-23)44-33(46)26-18-27(20-30(43)19-26)34(47)45-32-6-2-4-25(21-32)24-11-15-29(16-12-24)36(40,41)42/h1-6,9-21H,43H2,(H,44,46)(H,45,47). The molecule has 0 bridgehead atoms. The molecule has 0 saturated heterocycles. The maximum absolute atomic E-state index is 13.1. The Morgan fingerprint density at radius 2 is 1.02 bits per heavy atom. The van der Waals surface area contributed by atoms with Gasteiger partial charge < -0.3 is 16.4 Å². The van der Waals surface area contributed by atoms with Crippen molar-refractivity contribution in [2.45, 2.75) is 12.4 Å². The van der Waals surface area contributed by atoms with E-state index < -0.39 is 35.3 Å². The highest BCUT2D eigenvalue weighted by Crippen LogP contribution is 2.32. The van der Waals surface area contributed by atoms with Crippen LogP contribution in [0.3, 0.4) is 0 Å². The Morgan fingerprint density at radius 1 is 0.532 bits per heavy atom. The molecule has 0 radical (unpaired) electrons. The Hall–Kier alpha value is -6.02. The van der Waals surface area contributed by atoms with Crippen LogP contribution in [0, 0.1) is 11.8 Å². The van der Waals surface area contributed by atoms with Crippen LogP contribution in [0.5, 0.6) is 0 Å². The zero-order valence-corrected chi connectivity index (χ0v) is 24.1. The van der Waals surface area contributed by atoms with Crippen LogP contribution in [0.25, 0.3) is 11.1 Å². The minimum atomic E-state index is -4.46. The monoisotopic (exact) mass is 643 g/mol. The van der Waals surface area contributed by atoms with E-state index in [1.165, 1.54) is 42.5 Å². The van der Waals surface area contributed by atoms with E-state index in [9.17, 15) is 35.9 Å². The van der Waals surface area contributed by atoms with Crippen LogP contribution < -0.4 is 16.4 Å². The van der Waals surface area contributed by atoms with Crippen molar-refractivity contribution in [2.24, 2.45) is 0 Å². The van der Waals surface area contributed by atoms with Gasteiger partial charge in [0, 0.05) is 39.3 Å². The quantitative estimate of drug-likeness (QED) is 0.102. The number of benzene rings is 5. The molecule has 4 N–H and O–H groups in total. The van der Waals surface area contributed by atoms with Crippen molar-refractivity contribution >= 4 is 28.9 Å². The summed E-state index contributed by atoms with van der Waals surface area (Å²) in [6.45, 7) is 0. The number of anilines is 3. The van der Waals surface area contributed by atoms with E-state index in [0.717, 1.165) is 24.3 Å². The molecule has 0 aliphatic carbocycles. The molecule has 0 aliphatic heterocycles. The third-order valence-corrected chi connectivity index (χ3v) is 6.83. The number of halogens is 6. The van der Waals surface area contributed by atoms with Gasteiger partial charge in [-0.05, 0) is 96.1 Å². The van der Waals surface area contributed by atoms with Gasteiger partial charge in [-0.2, -0.15) is 26.3 Å². The second-order valence-electron chi connectivity index (χ2n) is 10.3. The fourth-order valence-electron chi connectivity index (χ4n) is 4.51. The molecule has 236 valence electrons. The van der Waals surface area contributed by atoms with Gasteiger partial charge >= 0.3 is 12.4 Å². The van der Waals surface area contributed by atoms with Crippen molar-refractivity contribution in [1.82, 2.24) is 0 Å². The van der Waals surface area contributed by atoms with E-state index in [1.54, 1.807) is 48.5 Å². The van der Waals surface area contributed by atoms with Crippen molar-refractivity contribution < 1.29 is 35.9 Å². The first-order valence-corrected chi connectivity index (χ1v) is 13.8. The molecule has 5 rings (SSSR count). The van der Waals surface area contributed by atoms with E-state index in [0.29, 0.717) is 33.6 Å². The van der Waals surface area contributed by atoms with Crippen LogP contribution in [0.4, 0.5) is 43.4 Å². The average Bonchev–Trinajstić information content (AvgIpc) is 3.03. The van der Waals surface area contributed by atoms with Crippen molar-refractivity contribution in [1.29, 1.82) is 0 Å². The number of carbonyl (C=O) groups excluding carboxylic acids is 2. The van der Waals surface area contributed by atoms with E-state index in [-0.39, 0.29) is 16.8 Å². The summed E-state index contributed by atoms with van der Waals surface area (Å²) < 4.78 is 77.2. The van der Waals surface area contributed by atoms with Gasteiger partial charge in [-0.3, -0.25) is 9.59 Å². The van der Waals surface area contributed by atoms with E-state index >= 15 is 0 Å². The molecule has 11 heteroatoms. The zero-order valence-electron chi connectivity index (χ0n) is 24.1. The van der Waals surface area contributed by atoms with Crippen molar-refractivity contribution in [3.63, 3.8) is 0 Å². The number of rotatable bonds is 5. The fourth-order valence-corrected chi connectivity index (χ4v) is 4.51. The number of hydrogen-bond acceptors (Lipinski definition) is 3. The summed E-state index contributed by atoms with van der Waals surface area (Å²) in [4.78, 5) is 26.2. The fraction of sp³-hybridized carbons (Fsp3) is 0.0556. The molecule has 0 atom stereocenters. The minimum Gasteiger partial charge on any atom is -0.399 e. The number of alkyl halides is 6. The predicted octanol–water partition coefficient (Wildman–Crippen LogP) is 8.88. The van der Waals surface area contributed by atoms with Crippen LogP contribution in [-0.4, -0.2) is 11.8 Å². The van der Waals surface area contributed by atoms with Gasteiger partial charge in [0.15, 0.2) is 0 Å². The molecule has 5 aromatic carbocycles. The molecular formula is C36H23F6N3O2. The van der Waals surface area contributed by atoms with Crippen LogP contribution >= 0.6 is 0 Å². The zero-order chi connectivity index (χ0) is 33.8. The molecular weight excluding hydrogens is 620 g/mol. The lowest BCUT2D eigenvalue weighted by Crippen LogP contribution is -2.16. The molecule has 5 nitrogen and oxygen atoms in total. The van der Waals surface area contributed by atoms with Gasteiger partial charge in [0.05, 0.1) is 11.1 Å². The third-order valence-electron chi connectivity index (χ3n) is 6.83. The first kappa shape index (κ1) is 32.4. The smallest absolute Gasteiger partial charge is 0.399 e. The minimum absolute atomic E-state index is 0.0891. The first-order chi connectivity index (χ1) is 22.2. The van der Waals surface area contributed by atoms with E-state index in [2.05, 4.69) is 22.5 Å². The number of nitrogens with one attached hydrogen (secondary N) is 2. The number of hydrogen-bond donors (Lipinski definition) is 3. The first-order valence-electron chi connectivity index (χ1n) is 13.8. The van der Waals surface area contributed by atoms with Crippen molar-refractivity contribution in [3.8, 4) is 23.0 Å². The van der Waals surface area contributed by atoms with Crippen LogP contribution in [0.15, 0.2) is 115 Å². The Labute approximate surface area is 265 Å². The summed E-state index contributed by atoms with van der Waals surface area (Å²) in [6.07, 6.45) is -8.90. The summed E-state index contributed by atoms with van der Waals surface area (Å²) in [5, 5.41) is 5.43. The summed E-state index contributed by atoms with van der Waals surface area (Å²) in [5.74, 6) is 4.50. The molecule has 2 amide bonds. The van der Waals surface area contributed by atoms with Crippen LogP contribution in [0.1, 0.15) is 43.0 Å². The van der Waals surface area contributed by atoms with Crippen LogP contribution in [0.2, 0.25) is 0 Å². The Balaban J connectivity index is 1.27. The third kappa shape index (κ3) is 8.38. The molecule has 0 heterocycles. The summed E-state index contributed by atoms with van der Waals surface area (Å²) in [6, 6.07) is 26.3. The molecule has 0 fully saturated rings. The molecule has 0 unspecified atom stereocenters.